The number of methoxy groups -OCH3 is 1. The average molecular weight is 259 g/mol. The molecule has 0 bridgehead atoms. The summed E-state index contributed by atoms with van der Waals surface area (Å²) in [5.74, 6) is 1.12. The monoisotopic (exact) mass is 259 g/mol. The molecule has 0 unspecified atom stereocenters. The van der Waals surface area contributed by atoms with Crippen molar-refractivity contribution >= 4 is 5.78 Å². The minimum atomic E-state index is -0.0657. The molecule has 0 fully saturated rings. The summed E-state index contributed by atoms with van der Waals surface area (Å²) >= 11 is 0. The Hall–Kier alpha value is -2.10. The average Bonchev–Trinajstić information content (AvgIpc) is 2.80. The first-order chi connectivity index (χ1) is 9.04. The van der Waals surface area contributed by atoms with Crippen LogP contribution in [0.5, 0.6) is 5.75 Å². The number of Topliss-reactive ketones (excluding diaryl/α,β-unsaturated/α-hetero) is 1. The highest BCUT2D eigenvalue weighted by Crippen LogP contribution is 2.25. The highest BCUT2D eigenvalue weighted by Gasteiger charge is 2.17. The van der Waals surface area contributed by atoms with Gasteiger partial charge in [-0.05, 0) is 32.4 Å². The molecular weight excluding hydrogens is 242 g/mol. The molecule has 100 valence electrons. The van der Waals surface area contributed by atoms with Gasteiger partial charge in [-0.2, -0.15) is 0 Å². The Morgan fingerprint density at radius 3 is 2.63 bits per heavy atom. The third-order valence-corrected chi connectivity index (χ3v) is 3.19. The third-order valence-electron chi connectivity index (χ3n) is 3.19. The van der Waals surface area contributed by atoms with Crippen LogP contribution in [0.4, 0.5) is 0 Å². The lowest BCUT2D eigenvalue weighted by Crippen LogP contribution is -2.08. The standard InChI is InChI=1S/C15H17NO3/c1-9-5-6-19-15(9)13(17)7-12-11(3)14(18-4)10(2)8-16-12/h5-6,8H,7H2,1-4H3. The summed E-state index contributed by atoms with van der Waals surface area (Å²) in [5, 5.41) is 0. The van der Waals surface area contributed by atoms with Crippen molar-refractivity contribution in [2.45, 2.75) is 27.2 Å². The predicted molar refractivity (Wildman–Crippen MR) is 71.7 cm³/mol. The van der Waals surface area contributed by atoms with Crippen LogP contribution in [0.2, 0.25) is 0 Å². The third kappa shape index (κ3) is 2.52. The molecule has 2 aromatic rings. The van der Waals surface area contributed by atoms with E-state index >= 15 is 0 Å². The van der Waals surface area contributed by atoms with Crippen molar-refractivity contribution in [1.82, 2.24) is 4.98 Å². The molecule has 0 N–H and O–H groups in total. The molecule has 0 saturated carbocycles. The lowest BCUT2D eigenvalue weighted by atomic mass is 10.0. The van der Waals surface area contributed by atoms with E-state index in [1.165, 1.54) is 6.26 Å². The van der Waals surface area contributed by atoms with Crippen LogP contribution in [-0.4, -0.2) is 17.9 Å². The number of ketones is 1. The van der Waals surface area contributed by atoms with Crippen molar-refractivity contribution in [3.8, 4) is 5.75 Å². The molecule has 0 aliphatic rings. The molecule has 0 aliphatic carbocycles. The van der Waals surface area contributed by atoms with E-state index < -0.39 is 0 Å². The zero-order chi connectivity index (χ0) is 14.0. The lowest BCUT2D eigenvalue weighted by Gasteiger charge is -2.11. The predicted octanol–water partition coefficient (Wildman–Crippen LogP) is 3.03. The molecule has 2 rings (SSSR count). The summed E-state index contributed by atoms with van der Waals surface area (Å²) in [6, 6.07) is 1.78. The first-order valence-electron chi connectivity index (χ1n) is 6.11. The number of hydrogen-bond donors (Lipinski definition) is 0. The highest BCUT2D eigenvalue weighted by molar-refractivity contribution is 5.96. The Balaban J connectivity index is 2.30. The number of hydrogen-bond acceptors (Lipinski definition) is 4. The number of furan rings is 1. The SMILES string of the molecule is COc1c(C)cnc(CC(=O)c2occc2C)c1C. The van der Waals surface area contributed by atoms with E-state index in [1.807, 2.05) is 20.8 Å². The highest BCUT2D eigenvalue weighted by atomic mass is 16.5. The summed E-state index contributed by atoms with van der Waals surface area (Å²) in [6.45, 7) is 5.70. The summed E-state index contributed by atoms with van der Waals surface area (Å²) in [6.07, 6.45) is 3.47. The van der Waals surface area contributed by atoms with Gasteiger partial charge in [-0.15, -0.1) is 0 Å². The molecular formula is C15H17NO3. The lowest BCUT2D eigenvalue weighted by molar-refractivity contribution is 0.0964. The zero-order valence-electron chi connectivity index (χ0n) is 11.6. The molecule has 19 heavy (non-hydrogen) atoms. The van der Waals surface area contributed by atoms with Gasteiger partial charge in [0.1, 0.15) is 5.75 Å². The van der Waals surface area contributed by atoms with Crippen LogP contribution in [0.1, 0.15) is 32.9 Å². The summed E-state index contributed by atoms with van der Waals surface area (Å²) in [5.41, 5.74) is 3.44. The van der Waals surface area contributed by atoms with E-state index in [2.05, 4.69) is 4.98 Å². The molecule has 0 radical (unpaired) electrons. The maximum Gasteiger partial charge on any atom is 0.204 e. The summed E-state index contributed by atoms with van der Waals surface area (Å²) in [7, 11) is 1.62. The van der Waals surface area contributed by atoms with Gasteiger partial charge < -0.3 is 9.15 Å². The van der Waals surface area contributed by atoms with E-state index in [1.54, 1.807) is 19.4 Å². The van der Waals surface area contributed by atoms with Crippen LogP contribution in [0, 0.1) is 20.8 Å². The molecule has 4 nitrogen and oxygen atoms in total. The van der Waals surface area contributed by atoms with E-state index in [0.717, 1.165) is 28.1 Å². The summed E-state index contributed by atoms with van der Waals surface area (Å²) in [4.78, 5) is 16.5. The Morgan fingerprint density at radius 2 is 2.05 bits per heavy atom. The van der Waals surface area contributed by atoms with Crippen molar-refractivity contribution < 1.29 is 13.9 Å². The molecule has 0 aromatic carbocycles. The second kappa shape index (κ2) is 5.26. The maximum absolute atomic E-state index is 12.2. The number of pyridine rings is 1. The van der Waals surface area contributed by atoms with Crippen LogP contribution in [0.3, 0.4) is 0 Å². The normalized spacial score (nSPS) is 10.5. The van der Waals surface area contributed by atoms with Crippen LogP contribution < -0.4 is 4.74 Å². The van der Waals surface area contributed by atoms with Gasteiger partial charge in [0.25, 0.3) is 0 Å². The molecule has 0 atom stereocenters. The van der Waals surface area contributed by atoms with Crippen LogP contribution in [0.15, 0.2) is 22.9 Å². The van der Waals surface area contributed by atoms with Crippen molar-refractivity contribution in [2.75, 3.05) is 7.11 Å². The van der Waals surface area contributed by atoms with Crippen molar-refractivity contribution in [3.63, 3.8) is 0 Å². The Labute approximate surface area is 112 Å². The van der Waals surface area contributed by atoms with Gasteiger partial charge in [0.15, 0.2) is 5.76 Å². The van der Waals surface area contributed by atoms with Gasteiger partial charge >= 0.3 is 0 Å². The van der Waals surface area contributed by atoms with Crippen LogP contribution >= 0.6 is 0 Å². The zero-order valence-corrected chi connectivity index (χ0v) is 11.6. The number of aryl methyl sites for hydroxylation is 2. The van der Waals surface area contributed by atoms with Crippen molar-refractivity contribution in [2.24, 2.45) is 0 Å². The molecule has 0 aliphatic heterocycles. The van der Waals surface area contributed by atoms with Crippen molar-refractivity contribution in [1.29, 1.82) is 0 Å². The number of carbonyl (C=O) groups is 1. The topological polar surface area (TPSA) is 52.3 Å². The second-order valence-corrected chi connectivity index (χ2v) is 4.58. The Bertz CT molecular complexity index is 614. The Morgan fingerprint density at radius 1 is 1.32 bits per heavy atom. The number of carbonyl (C=O) groups excluding carboxylic acids is 1. The summed E-state index contributed by atoms with van der Waals surface area (Å²) < 4.78 is 10.5. The number of rotatable bonds is 4. The minimum absolute atomic E-state index is 0.0657. The fourth-order valence-electron chi connectivity index (χ4n) is 2.14. The van der Waals surface area contributed by atoms with Gasteiger partial charge in [-0.25, -0.2) is 0 Å². The molecule has 2 aromatic heterocycles. The molecule has 0 saturated heterocycles. The molecule has 0 amide bonds. The van der Waals surface area contributed by atoms with Gasteiger partial charge in [0.05, 0.1) is 25.5 Å². The van der Waals surface area contributed by atoms with Gasteiger partial charge in [-0.1, -0.05) is 0 Å². The second-order valence-electron chi connectivity index (χ2n) is 4.58. The first kappa shape index (κ1) is 13.3. The number of ether oxygens (including phenoxy) is 1. The van der Waals surface area contributed by atoms with Gasteiger partial charge in [0.2, 0.25) is 5.78 Å². The van der Waals surface area contributed by atoms with Gasteiger partial charge in [-0.3, -0.25) is 9.78 Å². The van der Waals surface area contributed by atoms with Crippen LogP contribution in [-0.2, 0) is 6.42 Å². The minimum Gasteiger partial charge on any atom is -0.496 e. The van der Waals surface area contributed by atoms with Crippen molar-refractivity contribution in [3.05, 3.63) is 46.7 Å². The largest absolute Gasteiger partial charge is 0.496 e. The van der Waals surface area contributed by atoms with Gasteiger partial charge in [0, 0.05) is 17.3 Å². The first-order valence-corrected chi connectivity index (χ1v) is 6.11. The fourth-order valence-corrected chi connectivity index (χ4v) is 2.14. The smallest absolute Gasteiger partial charge is 0.204 e. The number of nitrogens with zero attached hydrogens (tertiary/aromatic N) is 1. The molecule has 0 spiro atoms. The molecule has 2 heterocycles. The quantitative estimate of drug-likeness (QED) is 0.792. The number of aromatic nitrogens is 1. The molecule has 4 heteroatoms. The maximum atomic E-state index is 12.2. The van der Waals surface area contributed by atoms with E-state index in [4.69, 9.17) is 9.15 Å². The van der Waals surface area contributed by atoms with Crippen LogP contribution in [0.25, 0.3) is 0 Å². The Kier molecular flexibility index (Phi) is 3.69. The fraction of sp³-hybridized carbons (Fsp3) is 0.333. The van der Waals surface area contributed by atoms with E-state index in [0.29, 0.717) is 5.76 Å². The van der Waals surface area contributed by atoms with E-state index in [-0.39, 0.29) is 12.2 Å². The van der Waals surface area contributed by atoms with E-state index in [9.17, 15) is 4.79 Å².